The van der Waals surface area contributed by atoms with Crippen molar-refractivity contribution in [1.82, 2.24) is 0 Å². The first kappa shape index (κ1) is 36.0. The van der Waals surface area contributed by atoms with E-state index >= 15 is 0 Å². The van der Waals surface area contributed by atoms with Crippen molar-refractivity contribution < 1.29 is 21.7 Å². The summed E-state index contributed by atoms with van der Waals surface area (Å²) in [5, 5.41) is 0. The molecule has 0 amide bonds. The molecule has 0 aliphatic heterocycles. The molecule has 0 radical (unpaired) electrons. The summed E-state index contributed by atoms with van der Waals surface area (Å²) in [5.74, 6) is 0. The van der Waals surface area contributed by atoms with E-state index < -0.39 is 0 Å². The van der Waals surface area contributed by atoms with E-state index in [1.807, 2.05) is 12.2 Å². The van der Waals surface area contributed by atoms with Crippen molar-refractivity contribution in [2.24, 2.45) is 0 Å². The second kappa shape index (κ2) is 113. The Hall–Kier alpha value is 0.194. The zero-order chi connectivity index (χ0) is 13.5. The van der Waals surface area contributed by atoms with Crippen LogP contribution in [0.25, 0.3) is 0 Å². The van der Waals surface area contributed by atoms with Crippen molar-refractivity contribution in [2.75, 3.05) is 0 Å². The summed E-state index contributed by atoms with van der Waals surface area (Å²) in [7, 11) is 0. The van der Waals surface area contributed by atoms with Crippen molar-refractivity contribution in [3.8, 4) is 0 Å². The topological polar surface area (TPSA) is 0 Å². The fourth-order valence-corrected chi connectivity index (χ4v) is 0.340. The van der Waals surface area contributed by atoms with Crippen LogP contribution in [-0.2, 0) is 21.7 Å². The molecule has 0 nitrogen and oxygen atoms in total. The van der Waals surface area contributed by atoms with Crippen LogP contribution in [0.15, 0.2) is 18.2 Å². The standard InChI is InChI=1S/C5H5.5C2H5.Ti/c1-2-4-5-3-1;5*1-2;/h1-3H,4H2;5*1H2,2H3;/q6*-1;. The first-order chi connectivity index (χ1) is 7.50. The molecule has 0 saturated heterocycles. The molecule has 16 heavy (non-hydrogen) atoms. The summed E-state index contributed by atoms with van der Waals surface area (Å²) in [6, 6.07) is 0. The summed E-state index contributed by atoms with van der Waals surface area (Å²) in [4.78, 5) is 0. The fourth-order valence-electron chi connectivity index (χ4n) is 0.340. The van der Waals surface area contributed by atoms with Gasteiger partial charge in [-0.2, -0.15) is 40.7 Å². The van der Waals surface area contributed by atoms with Gasteiger partial charge in [-0.15, -0.1) is 6.42 Å². The van der Waals surface area contributed by atoms with Crippen molar-refractivity contribution in [3.63, 3.8) is 0 Å². The molecule has 1 heteroatoms. The number of hydrogen-bond donors (Lipinski definition) is 0. The fraction of sp³-hybridized carbons (Fsp3) is 0.400. The molecule has 0 unspecified atom stereocenters. The second-order valence-corrected chi connectivity index (χ2v) is 1.00. The third-order valence-electron chi connectivity index (χ3n) is 0.586. The number of rotatable bonds is 0. The van der Waals surface area contributed by atoms with E-state index in [9.17, 15) is 0 Å². The molecule has 1 aliphatic rings. The first-order valence-corrected chi connectivity index (χ1v) is 5.25. The number of allylic oxidation sites excluding steroid dienone is 4. The molecule has 1 aliphatic carbocycles. The van der Waals surface area contributed by atoms with Crippen LogP contribution in [0, 0.1) is 40.7 Å². The Bertz CT molecular complexity index is 63.5. The third kappa shape index (κ3) is 91.6. The van der Waals surface area contributed by atoms with Crippen molar-refractivity contribution >= 4 is 0 Å². The van der Waals surface area contributed by atoms with Crippen LogP contribution in [-0.4, -0.2) is 0 Å². The molecule has 0 atom stereocenters. The van der Waals surface area contributed by atoms with Gasteiger partial charge in [0.15, 0.2) is 0 Å². The molecule has 0 heterocycles. The maximum Gasteiger partial charge on any atom is 0 e. The third-order valence-corrected chi connectivity index (χ3v) is 0.586. The second-order valence-electron chi connectivity index (χ2n) is 1.00. The van der Waals surface area contributed by atoms with Crippen molar-refractivity contribution in [3.05, 3.63) is 58.9 Å². The van der Waals surface area contributed by atoms with E-state index in [-0.39, 0.29) is 21.7 Å². The van der Waals surface area contributed by atoms with Crippen LogP contribution in [0.1, 0.15) is 41.0 Å². The Labute approximate surface area is 121 Å². The molecule has 0 N–H and O–H groups in total. The average Bonchev–Trinajstić information content (AvgIpc) is 3.00. The normalized spacial score (nSPS) is 7.38. The molecular formula is C15H30Ti-6. The maximum absolute atomic E-state index is 3.25. The van der Waals surface area contributed by atoms with Crippen LogP contribution in [0.3, 0.4) is 0 Å². The minimum absolute atomic E-state index is 0. The quantitative estimate of drug-likeness (QED) is 0.397. The van der Waals surface area contributed by atoms with Crippen molar-refractivity contribution in [1.29, 1.82) is 0 Å². The van der Waals surface area contributed by atoms with Gasteiger partial charge in [0.05, 0.1) is 0 Å². The van der Waals surface area contributed by atoms with Gasteiger partial charge in [0.1, 0.15) is 0 Å². The van der Waals surface area contributed by atoms with Crippen LogP contribution < -0.4 is 0 Å². The largest absolute Gasteiger partial charge is 0.346 e. The summed E-state index contributed by atoms with van der Waals surface area (Å²) in [5.41, 5.74) is 0. The predicted molar refractivity (Wildman–Crippen MR) is 76.7 cm³/mol. The SMILES string of the molecule is [C-]1=CC=CC1.[CH2-]C.[CH2-]C.[CH2-]C.[CH2-]C.[CH2-]C.[Ti]. The van der Waals surface area contributed by atoms with Gasteiger partial charge in [-0.1, -0.05) is 0 Å². The van der Waals surface area contributed by atoms with E-state index in [1.54, 1.807) is 34.6 Å². The van der Waals surface area contributed by atoms with Crippen molar-refractivity contribution in [2.45, 2.75) is 41.0 Å². The molecule has 0 spiro atoms. The molecular weight excluding hydrogens is 228 g/mol. The molecule has 0 fully saturated rings. The Balaban J connectivity index is -0.0000000203. The smallest absolute Gasteiger partial charge is 0 e. The molecule has 0 aromatic heterocycles. The van der Waals surface area contributed by atoms with Gasteiger partial charge in [-0.05, 0) is 0 Å². The summed E-state index contributed by atoms with van der Waals surface area (Å²) < 4.78 is 0. The van der Waals surface area contributed by atoms with Crippen LogP contribution in [0.4, 0.5) is 0 Å². The minimum Gasteiger partial charge on any atom is -0.346 e. The minimum atomic E-state index is 0. The van der Waals surface area contributed by atoms with E-state index in [0.717, 1.165) is 6.42 Å². The van der Waals surface area contributed by atoms with Gasteiger partial charge >= 0.3 is 0 Å². The summed E-state index contributed by atoms with van der Waals surface area (Å²) in [6.07, 6.45) is 10.0. The molecule has 1 rings (SSSR count). The van der Waals surface area contributed by atoms with Crippen LogP contribution in [0.5, 0.6) is 0 Å². The Morgan fingerprint density at radius 3 is 1.12 bits per heavy atom. The first-order valence-electron chi connectivity index (χ1n) is 5.25. The molecule has 100 valence electrons. The average molecular weight is 258 g/mol. The Kier molecular flexibility index (Phi) is 255. The number of hydrogen-bond acceptors (Lipinski definition) is 0. The van der Waals surface area contributed by atoms with Crippen LogP contribution >= 0.6 is 0 Å². The Morgan fingerprint density at radius 1 is 0.750 bits per heavy atom. The summed E-state index contributed by atoms with van der Waals surface area (Å²) in [6.45, 7) is 25.0. The molecule has 0 aromatic rings. The van der Waals surface area contributed by atoms with Crippen LogP contribution in [0.2, 0.25) is 0 Å². The predicted octanol–water partition coefficient (Wildman–Crippen LogP) is 5.51. The van der Waals surface area contributed by atoms with E-state index in [0.29, 0.717) is 0 Å². The van der Waals surface area contributed by atoms with Gasteiger partial charge in [0.2, 0.25) is 0 Å². The molecule has 0 aromatic carbocycles. The van der Waals surface area contributed by atoms with Gasteiger partial charge in [-0.25, -0.2) is 12.2 Å². The molecule has 0 bridgehead atoms. The summed E-state index contributed by atoms with van der Waals surface area (Å²) >= 11 is 0. The molecule has 0 saturated carbocycles. The van der Waals surface area contributed by atoms with E-state index in [4.69, 9.17) is 0 Å². The van der Waals surface area contributed by atoms with Gasteiger partial charge in [0, 0.05) is 21.7 Å². The van der Waals surface area contributed by atoms with E-state index in [2.05, 4.69) is 46.8 Å². The Morgan fingerprint density at radius 2 is 1.06 bits per heavy atom. The van der Waals surface area contributed by atoms with Gasteiger partial charge in [0.25, 0.3) is 0 Å². The van der Waals surface area contributed by atoms with Gasteiger partial charge in [-0.3, -0.25) is 6.08 Å². The zero-order valence-electron chi connectivity index (χ0n) is 12.0. The van der Waals surface area contributed by atoms with Gasteiger partial charge < -0.3 is 34.6 Å². The monoisotopic (exact) mass is 258 g/mol. The zero-order valence-corrected chi connectivity index (χ0v) is 13.5. The maximum atomic E-state index is 3.25. The van der Waals surface area contributed by atoms with E-state index in [1.165, 1.54) is 0 Å².